The second kappa shape index (κ2) is 15.8. The molecule has 0 aliphatic carbocycles. The highest BCUT2D eigenvalue weighted by Gasteiger charge is 1.73. The molecule has 0 amide bonds. The minimum absolute atomic E-state index is 1.00. The third-order valence-electron chi connectivity index (χ3n) is 0.804. The van der Waals surface area contributed by atoms with Crippen molar-refractivity contribution in [3.8, 4) is 0 Å². The van der Waals surface area contributed by atoms with Gasteiger partial charge in [-0.3, -0.25) is 0 Å². The Morgan fingerprint density at radius 1 is 1.20 bits per heavy atom. The van der Waals surface area contributed by atoms with Gasteiger partial charge < -0.3 is 10.6 Å². The summed E-state index contributed by atoms with van der Waals surface area (Å²) in [4.78, 5) is 0. The molecule has 2 heteroatoms. The molecule has 0 radical (unpaired) electrons. The zero-order valence-corrected chi connectivity index (χ0v) is 7.57. The second-order valence-corrected chi connectivity index (χ2v) is 1.56. The lowest BCUT2D eigenvalue weighted by atomic mass is 10.6. The molecule has 0 aliphatic heterocycles. The summed E-state index contributed by atoms with van der Waals surface area (Å²) < 4.78 is 0. The molecule has 0 saturated heterocycles. The first kappa shape index (κ1) is 12.2. The number of hydrogen-bond donors (Lipinski definition) is 2. The number of likely N-dealkylation sites (N-methyl/N-ethyl adjacent to an activating group) is 1. The first-order valence-electron chi connectivity index (χ1n) is 3.91. The van der Waals surface area contributed by atoms with E-state index < -0.39 is 0 Å². The lowest BCUT2D eigenvalue weighted by Crippen LogP contribution is -2.20. The van der Waals surface area contributed by atoms with Crippen LogP contribution in [0.2, 0.25) is 0 Å². The average Bonchev–Trinajstić information content (AvgIpc) is 2.02. The molecule has 0 aliphatic rings. The zero-order valence-electron chi connectivity index (χ0n) is 7.57. The first-order chi connectivity index (χ1) is 4.91. The van der Waals surface area contributed by atoms with Gasteiger partial charge in [-0.2, -0.15) is 0 Å². The molecule has 0 bridgehead atoms. The van der Waals surface area contributed by atoms with E-state index in [0.717, 1.165) is 13.1 Å². The summed E-state index contributed by atoms with van der Waals surface area (Å²) in [5.74, 6) is 0. The Kier molecular flexibility index (Phi) is 19.3. The highest BCUT2D eigenvalue weighted by Crippen LogP contribution is 1.60. The summed E-state index contributed by atoms with van der Waals surface area (Å²) in [6.07, 6.45) is 3.92. The van der Waals surface area contributed by atoms with Crippen molar-refractivity contribution in [3.63, 3.8) is 0 Å². The second-order valence-electron chi connectivity index (χ2n) is 1.56. The molecule has 0 rings (SSSR count). The van der Waals surface area contributed by atoms with E-state index >= 15 is 0 Å². The fourth-order valence-corrected chi connectivity index (χ4v) is 0.398. The molecule has 0 saturated carbocycles. The van der Waals surface area contributed by atoms with Gasteiger partial charge in [-0.25, -0.2) is 0 Å². The fourth-order valence-electron chi connectivity index (χ4n) is 0.398. The summed E-state index contributed by atoms with van der Waals surface area (Å²) in [5, 5.41) is 6.12. The smallest absolute Gasteiger partial charge is 0.0266 e. The van der Waals surface area contributed by atoms with Crippen molar-refractivity contribution < 1.29 is 0 Å². The van der Waals surface area contributed by atoms with E-state index in [1.165, 1.54) is 0 Å². The van der Waals surface area contributed by atoms with Crippen LogP contribution in [0.15, 0.2) is 12.3 Å². The van der Waals surface area contributed by atoms with Crippen LogP contribution < -0.4 is 10.6 Å². The predicted octanol–water partition coefficient (Wildman–Crippen LogP) is 1.36. The van der Waals surface area contributed by atoms with Crippen molar-refractivity contribution in [2.24, 2.45) is 0 Å². The Bertz CT molecular complexity index is 60.3. The molecular formula is C8H20N2. The summed E-state index contributed by atoms with van der Waals surface area (Å²) in [6, 6.07) is 0. The molecule has 10 heavy (non-hydrogen) atoms. The van der Waals surface area contributed by atoms with Crippen LogP contribution in [0.25, 0.3) is 0 Å². The molecule has 0 fully saturated rings. The van der Waals surface area contributed by atoms with Gasteiger partial charge in [-0.1, -0.05) is 19.9 Å². The lowest BCUT2D eigenvalue weighted by molar-refractivity contribution is 0.739. The molecule has 62 valence electrons. The molecular weight excluding hydrogens is 124 g/mol. The van der Waals surface area contributed by atoms with Gasteiger partial charge in [0.15, 0.2) is 0 Å². The van der Waals surface area contributed by atoms with Gasteiger partial charge in [-0.15, -0.1) is 0 Å². The maximum absolute atomic E-state index is 3.09. The quantitative estimate of drug-likeness (QED) is 0.582. The number of hydrogen-bond acceptors (Lipinski definition) is 2. The summed E-state index contributed by atoms with van der Waals surface area (Å²) in [7, 11) is 1.94. The third kappa shape index (κ3) is 15.6. The molecule has 0 unspecified atom stereocenters. The van der Waals surface area contributed by atoms with E-state index in [0.29, 0.717) is 0 Å². The van der Waals surface area contributed by atoms with Gasteiger partial charge in [0.25, 0.3) is 0 Å². The number of nitrogens with one attached hydrogen (secondary N) is 2. The Balaban J connectivity index is 0. The van der Waals surface area contributed by atoms with Crippen molar-refractivity contribution in [3.05, 3.63) is 12.3 Å². The number of allylic oxidation sites excluding steroid dienone is 1. The highest BCUT2D eigenvalue weighted by molar-refractivity contribution is 4.73. The van der Waals surface area contributed by atoms with Crippen LogP contribution in [0.4, 0.5) is 0 Å². The van der Waals surface area contributed by atoms with E-state index in [2.05, 4.69) is 10.6 Å². The molecule has 2 nitrogen and oxygen atoms in total. The summed E-state index contributed by atoms with van der Waals surface area (Å²) in [5.41, 5.74) is 0. The van der Waals surface area contributed by atoms with E-state index in [1.54, 1.807) is 0 Å². The largest absolute Gasteiger partial charge is 0.390 e. The lowest BCUT2D eigenvalue weighted by Gasteiger charge is -1.96. The van der Waals surface area contributed by atoms with E-state index in [1.807, 2.05) is 40.1 Å². The van der Waals surface area contributed by atoms with Crippen molar-refractivity contribution in [2.75, 3.05) is 20.1 Å². The Hall–Kier alpha value is -0.500. The van der Waals surface area contributed by atoms with Gasteiger partial charge >= 0.3 is 0 Å². The standard InChI is InChI=1S/C6H14N2.C2H6/c1-3-4-8-6-5-7-2;1-2/h3-4,7-8H,5-6H2,1-2H3;1-2H3/b4-3+;. The van der Waals surface area contributed by atoms with Crippen LogP contribution in [-0.2, 0) is 0 Å². The van der Waals surface area contributed by atoms with Crippen molar-refractivity contribution in [2.45, 2.75) is 20.8 Å². The van der Waals surface area contributed by atoms with E-state index in [-0.39, 0.29) is 0 Å². The summed E-state index contributed by atoms with van der Waals surface area (Å²) >= 11 is 0. The Morgan fingerprint density at radius 2 is 1.80 bits per heavy atom. The van der Waals surface area contributed by atoms with Crippen molar-refractivity contribution in [1.82, 2.24) is 10.6 Å². The molecule has 0 atom stereocenters. The summed E-state index contributed by atoms with van der Waals surface area (Å²) in [6.45, 7) is 8.01. The molecule has 0 aromatic rings. The van der Waals surface area contributed by atoms with E-state index in [9.17, 15) is 0 Å². The minimum Gasteiger partial charge on any atom is -0.390 e. The molecule has 0 spiro atoms. The van der Waals surface area contributed by atoms with Crippen LogP contribution >= 0.6 is 0 Å². The Morgan fingerprint density at radius 3 is 2.20 bits per heavy atom. The van der Waals surface area contributed by atoms with Gasteiger partial charge in [0.05, 0.1) is 0 Å². The van der Waals surface area contributed by atoms with Gasteiger partial charge in [-0.05, 0) is 20.2 Å². The maximum Gasteiger partial charge on any atom is 0.0266 e. The van der Waals surface area contributed by atoms with Crippen LogP contribution in [0.1, 0.15) is 20.8 Å². The predicted molar refractivity (Wildman–Crippen MR) is 48.1 cm³/mol. The molecule has 2 N–H and O–H groups in total. The van der Waals surface area contributed by atoms with Crippen molar-refractivity contribution >= 4 is 0 Å². The zero-order chi connectivity index (χ0) is 8.24. The van der Waals surface area contributed by atoms with Gasteiger partial charge in [0.1, 0.15) is 0 Å². The van der Waals surface area contributed by atoms with E-state index in [4.69, 9.17) is 0 Å². The third-order valence-corrected chi connectivity index (χ3v) is 0.804. The maximum atomic E-state index is 3.09. The topological polar surface area (TPSA) is 24.1 Å². The fraction of sp³-hybridized carbons (Fsp3) is 0.750. The SMILES string of the molecule is C/C=C/NCCNC.CC. The van der Waals surface area contributed by atoms with Crippen LogP contribution in [0.3, 0.4) is 0 Å². The van der Waals surface area contributed by atoms with Crippen LogP contribution in [0, 0.1) is 0 Å². The molecule has 0 aromatic carbocycles. The van der Waals surface area contributed by atoms with Crippen LogP contribution in [-0.4, -0.2) is 20.1 Å². The van der Waals surface area contributed by atoms with Gasteiger partial charge in [0.2, 0.25) is 0 Å². The average molecular weight is 144 g/mol. The van der Waals surface area contributed by atoms with Crippen LogP contribution in [0.5, 0.6) is 0 Å². The van der Waals surface area contributed by atoms with Gasteiger partial charge in [0, 0.05) is 13.1 Å². The molecule has 0 aromatic heterocycles. The number of rotatable bonds is 4. The minimum atomic E-state index is 1.00. The molecule has 0 heterocycles. The normalized spacial score (nSPS) is 8.80. The highest BCUT2D eigenvalue weighted by atomic mass is 14.9. The first-order valence-corrected chi connectivity index (χ1v) is 3.91. The monoisotopic (exact) mass is 144 g/mol. The Labute approximate surface area is 64.7 Å². The van der Waals surface area contributed by atoms with Crippen molar-refractivity contribution in [1.29, 1.82) is 0 Å².